The number of nitrogens with zero attached hydrogens (tertiary/aromatic N) is 1. The largest absolute Gasteiger partial charge is 0.436 e. The third-order valence-electron chi connectivity index (χ3n) is 15.4. The summed E-state index contributed by atoms with van der Waals surface area (Å²) < 4.78 is 11.8. The molecule has 0 saturated carbocycles. The van der Waals surface area contributed by atoms with E-state index in [1.807, 2.05) is 6.07 Å². The van der Waals surface area contributed by atoms with Crippen LogP contribution in [0.3, 0.4) is 0 Å². The van der Waals surface area contributed by atoms with Gasteiger partial charge in [0.1, 0.15) is 22.5 Å². The summed E-state index contributed by atoms with van der Waals surface area (Å²) in [5.41, 5.74) is 10.7. The molecule has 0 aliphatic heterocycles. The van der Waals surface area contributed by atoms with Crippen LogP contribution in [0, 0.1) is 23.7 Å². The van der Waals surface area contributed by atoms with E-state index in [4.69, 9.17) is 9.47 Å². The molecule has 0 bridgehead atoms. The summed E-state index contributed by atoms with van der Waals surface area (Å²) in [5, 5.41) is 6.71. The zero-order valence-electron chi connectivity index (χ0n) is 52.1. The summed E-state index contributed by atoms with van der Waals surface area (Å²) in [6.45, 7) is 39.1. The van der Waals surface area contributed by atoms with Crippen LogP contribution >= 0.6 is 0 Å². The maximum Gasteiger partial charge on any atom is 0.409 e. The first-order chi connectivity index (χ1) is 38.2. The van der Waals surface area contributed by atoms with Gasteiger partial charge in [-0.25, -0.2) is 14.6 Å². The lowest BCUT2D eigenvalue weighted by molar-refractivity contribution is 0.151. The van der Waals surface area contributed by atoms with Gasteiger partial charge in [0.15, 0.2) is 13.2 Å². The second-order valence-electron chi connectivity index (χ2n) is 27.9. The first kappa shape index (κ1) is 61.7. The first-order valence-electron chi connectivity index (χ1n) is 28.7. The average molecular weight is 1090 g/mol. The molecule has 7 rings (SSSR count). The van der Waals surface area contributed by atoms with Crippen LogP contribution in [0.1, 0.15) is 203 Å². The summed E-state index contributed by atoms with van der Waals surface area (Å²) in [5.74, 6) is 12.1. The van der Waals surface area contributed by atoms with Crippen LogP contribution in [0.15, 0.2) is 164 Å². The Bertz CT molecular complexity index is 2940. The Labute approximate surface area is 491 Å². The number of hydrogen-bond acceptors (Lipinski definition) is 5. The van der Waals surface area contributed by atoms with E-state index in [0.717, 1.165) is 33.4 Å². The standard InChI is InChI=1S/C75H87N3O4/c1-68(2,3)52-26-38-58(39-27-52)74(59-40-28-53(29-41-59)69(4,5)6,60-42-30-54(31-43-60)70(7,8)9)77-66(79)81-50-20-24-64-22-19-23-65(76-64)25-21-51-82-67(80)78-75(61-44-32-55(33-45-61)71(10,11)12,62-46-34-56(35-47-62)72(13,14)15)63-48-36-57(37-49-63)73(16,17)18/h19,22-23,26-49H,50-51H2,1-18H3,(H,77,79)(H,78,80). The molecular weight excluding hydrogens is 1010 g/mol. The molecule has 6 aromatic carbocycles. The Hall–Kier alpha value is -7.87. The molecule has 0 aliphatic rings. The first-order valence-corrected chi connectivity index (χ1v) is 28.7. The topological polar surface area (TPSA) is 89.5 Å². The van der Waals surface area contributed by atoms with Crippen molar-refractivity contribution in [2.24, 2.45) is 0 Å². The Morgan fingerprint density at radius 1 is 0.317 bits per heavy atom. The van der Waals surface area contributed by atoms with E-state index in [-0.39, 0.29) is 45.7 Å². The molecule has 426 valence electrons. The number of aromatic nitrogens is 1. The third-order valence-corrected chi connectivity index (χ3v) is 15.4. The van der Waals surface area contributed by atoms with Gasteiger partial charge in [-0.2, -0.15) is 0 Å². The second-order valence-corrected chi connectivity index (χ2v) is 27.9. The maximum absolute atomic E-state index is 14.3. The molecular formula is C75H87N3O4. The Balaban J connectivity index is 1.12. The molecule has 2 N–H and O–H groups in total. The van der Waals surface area contributed by atoms with Crippen LogP contribution in [0.4, 0.5) is 9.59 Å². The number of carbonyl (C=O) groups is 2. The normalized spacial score (nSPS) is 12.5. The van der Waals surface area contributed by atoms with E-state index >= 15 is 0 Å². The van der Waals surface area contributed by atoms with Gasteiger partial charge in [0, 0.05) is 0 Å². The van der Waals surface area contributed by atoms with E-state index in [2.05, 4.69) is 310 Å². The van der Waals surface area contributed by atoms with Crippen molar-refractivity contribution in [3.05, 3.63) is 242 Å². The van der Waals surface area contributed by atoms with Gasteiger partial charge in [-0.3, -0.25) is 0 Å². The van der Waals surface area contributed by atoms with E-state index in [0.29, 0.717) is 11.4 Å². The van der Waals surface area contributed by atoms with Crippen LogP contribution in [-0.2, 0) is 53.0 Å². The highest BCUT2D eigenvalue weighted by molar-refractivity contribution is 5.73. The van der Waals surface area contributed by atoms with Crippen molar-refractivity contribution in [3.8, 4) is 23.7 Å². The van der Waals surface area contributed by atoms with Crippen molar-refractivity contribution in [3.63, 3.8) is 0 Å². The van der Waals surface area contributed by atoms with Gasteiger partial charge >= 0.3 is 12.2 Å². The molecule has 1 aromatic heterocycles. The molecule has 7 heteroatoms. The summed E-state index contributed by atoms with van der Waals surface area (Å²) in [7, 11) is 0. The predicted octanol–water partition coefficient (Wildman–Crippen LogP) is 17.0. The Morgan fingerprint density at radius 3 is 0.683 bits per heavy atom. The second kappa shape index (κ2) is 23.9. The van der Waals surface area contributed by atoms with Crippen molar-refractivity contribution in [2.45, 2.75) is 168 Å². The third kappa shape index (κ3) is 14.6. The van der Waals surface area contributed by atoms with Crippen molar-refractivity contribution in [2.75, 3.05) is 13.2 Å². The minimum Gasteiger partial charge on any atom is -0.436 e. The smallest absolute Gasteiger partial charge is 0.409 e. The molecule has 7 nitrogen and oxygen atoms in total. The number of amides is 2. The fraction of sp³-hybridized carbons (Fsp3) is 0.373. The van der Waals surface area contributed by atoms with Crippen LogP contribution in [-0.4, -0.2) is 30.4 Å². The van der Waals surface area contributed by atoms with Gasteiger partial charge in [0.2, 0.25) is 0 Å². The number of carbonyl (C=O) groups excluding carboxylic acids is 2. The minimum absolute atomic E-state index is 0.0708. The van der Waals surface area contributed by atoms with Crippen molar-refractivity contribution in [1.29, 1.82) is 0 Å². The number of rotatable bonds is 10. The molecule has 0 spiro atoms. The van der Waals surface area contributed by atoms with Gasteiger partial charge in [-0.1, -0.05) is 288 Å². The van der Waals surface area contributed by atoms with Crippen LogP contribution < -0.4 is 10.6 Å². The van der Waals surface area contributed by atoms with Gasteiger partial charge in [0.05, 0.1) is 0 Å². The van der Waals surface area contributed by atoms with Gasteiger partial charge < -0.3 is 20.1 Å². The molecule has 0 radical (unpaired) electrons. The Kier molecular flexibility index (Phi) is 18.0. The number of ether oxygens (including phenoxy) is 2. The number of hydrogen-bond donors (Lipinski definition) is 2. The fourth-order valence-corrected chi connectivity index (χ4v) is 10.2. The lowest BCUT2D eigenvalue weighted by Gasteiger charge is -2.37. The molecule has 2 amide bonds. The highest BCUT2D eigenvalue weighted by atomic mass is 16.6. The predicted molar refractivity (Wildman–Crippen MR) is 338 cm³/mol. The van der Waals surface area contributed by atoms with Crippen molar-refractivity contribution < 1.29 is 19.1 Å². The highest BCUT2D eigenvalue weighted by Gasteiger charge is 2.41. The number of pyridine rings is 1. The summed E-state index contributed by atoms with van der Waals surface area (Å²) in [6.07, 6.45) is -1.25. The SMILES string of the molecule is CC(C)(C)c1ccc(C(NC(=O)OCC#Cc2cccc(C#CCOC(=O)NC(c3ccc(C(C)(C)C)cc3)(c3ccc(C(C)(C)C)cc3)c3ccc(C(C)(C)C)cc3)n2)(c2ccc(C(C)(C)C)cc2)c2ccc(C(C)(C)C)cc2)cc1. The summed E-state index contributed by atoms with van der Waals surface area (Å²) in [6, 6.07) is 56.4. The molecule has 82 heavy (non-hydrogen) atoms. The van der Waals surface area contributed by atoms with E-state index in [1.54, 1.807) is 12.1 Å². The zero-order chi connectivity index (χ0) is 60.1. The van der Waals surface area contributed by atoms with Crippen LogP contribution in [0.2, 0.25) is 0 Å². The minimum atomic E-state index is -1.12. The van der Waals surface area contributed by atoms with Crippen molar-refractivity contribution in [1.82, 2.24) is 15.6 Å². The van der Waals surface area contributed by atoms with Gasteiger partial charge in [-0.05, 0) is 123 Å². The number of nitrogens with one attached hydrogen (secondary N) is 2. The monoisotopic (exact) mass is 1090 g/mol. The zero-order valence-corrected chi connectivity index (χ0v) is 52.1. The molecule has 7 aromatic rings. The lowest BCUT2D eigenvalue weighted by Crippen LogP contribution is -2.48. The van der Waals surface area contributed by atoms with Crippen LogP contribution in [0.5, 0.6) is 0 Å². The molecule has 0 saturated heterocycles. The molecule has 0 unspecified atom stereocenters. The molecule has 0 aliphatic carbocycles. The van der Waals surface area contributed by atoms with Crippen LogP contribution in [0.25, 0.3) is 0 Å². The Morgan fingerprint density at radius 2 is 0.500 bits per heavy atom. The average Bonchev–Trinajstić information content (AvgIpc) is 3.52. The van der Waals surface area contributed by atoms with E-state index in [1.165, 1.54) is 33.4 Å². The van der Waals surface area contributed by atoms with E-state index in [9.17, 15) is 9.59 Å². The quantitative estimate of drug-likeness (QED) is 0.105. The van der Waals surface area contributed by atoms with E-state index < -0.39 is 23.3 Å². The number of benzene rings is 6. The summed E-state index contributed by atoms with van der Waals surface area (Å²) in [4.78, 5) is 33.2. The molecule has 1 heterocycles. The number of alkyl carbamates (subject to hydrolysis) is 2. The molecule has 0 fully saturated rings. The fourth-order valence-electron chi connectivity index (χ4n) is 10.2. The summed E-state index contributed by atoms with van der Waals surface area (Å²) >= 11 is 0. The van der Waals surface area contributed by atoms with Crippen molar-refractivity contribution >= 4 is 12.2 Å². The molecule has 0 atom stereocenters. The van der Waals surface area contributed by atoms with Gasteiger partial charge in [0.25, 0.3) is 0 Å². The lowest BCUT2D eigenvalue weighted by atomic mass is 9.74. The highest BCUT2D eigenvalue weighted by Crippen LogP contribution is 2.42. The van der Waals surface area contributed by atoms with Gasteiger partial charge in [-0.15, -0.1) is 0 Å². The maximum atomic E-state index is 14.3.